The molecule has 1 N–H and O–H groups in total. The lowest BCUT2D eigenvalue weighted by atomic mass is 10.1. The van der Waals surface area contributed by atoms with E-state index in [-0.39, 0.29) is 11.7 Å². The highest BCUT2D eigenvalue weighted by Gasteiger charge is 2.18. The molecule has 0 bridgehead atoms. The van der Waals surface area contributed by atoms with Gasteiger partial charge in [-0.1, -0.05) is 17.7 Å². The van der Waals surface area contributed by atoms with Crippen molar-refractivity contribution >= 4 is 23.0 Å². The minimum atomic E-state index is -0.451. The number of hydrogen-bond acceptors (Lipinski definition) is 4. The predicted molar refractivity (Wildman–Crippen MR) is 73.6 cm³/mol. The molecule has 6 heteroatoms. The van der Waals surface area contributed by atoms with E-state index in [0.717, 1.165) is 5.76 Å². The second-order valence-electron chi connectivity index (χ2n) is 4.22. The number of benzene rings is 1. The topological polar surface area (TPSA) is 68.3 Å². The highest BCUT2D eigenvalue weighted by Crippen LogP contribution is 2.32. The average molecular weight is 281 g/mol. The summed E-state index contributed by atoms with van der Waals surface area (Å²) in [5.74, 6) is 0.815. The van der Waals surface area contributed by atoms with Gasteiger partial charge in [-0.05, 0) is 25.1 Å². The first-order chi connectivity index (χ1) is 9.08. The van der Waals surface area contributed by atoms with E-state index in [1.807, 2.05) is 13.0 Å². The van der Waals surface area contributed by atoms with E-state index >= 15 is 0 Å². The predicted octanol–water partition coefficient (Wildman–Crippen LogP) is 3.88. The van der Waals surface area contributed by atoms with Crippen LogP contribution in [0.5, 0.6) is 0 Å². The summed E-state index contributed by atoms with van der Waals surface area (Å²) in [6.07, 6.45) is 2.22. The highest BCUT2D eigenvalue weighted by molar-refractivity contribution is 6.33. The van der Waals surface area contributed by atoms with Crippen molar-refractivity contribution in [1.82, 2.24) is 0 Å². The second-order valence-corrected chi connectivity index (χ2v) is 4.63. The van der Waals surface area contributed by atoms with Gasteiger partial charge in [-0.3, -0.25) is 10.1 Å². The lowest BCUT2D eigenvalue weighted by molar-refractivity contribution is -0.384. The van der Waals surface area contributed by atoms with Gasteiger partial charge in [0.2, 0.25) is 0 Å². The number of hydrogen-bond donors (Lipinski definition) is 1. The third kappa shape index (κ3) is 3.26. The van der Waals surface area contributed by atoms with Crippen LogP contribution in [0.3, 0.4) is 0 Å². The normalized spacial score (nSPS) is 12.1. The minimum Gasteiger partial charge on any atom is -0.469 e. The lowest BCUT2D eigenvalue weighted by Crippen LogP contribution is -2.18. The zero-order valence-electron chi connectivity index (χ0n) is 10.3. The van der Waals surface area contributed by atoms with Gasteiger partial charge in [0.15, 0.2) is 0 Å². The van der Waals surface area contributed by atoms with Crippen molar-refractivity contribution in [2.45, 2.75) is 19.4 Å². The molecule has 100 valence electrons. The maximum atomic E-state index is 11.0. The third-order valence-electron chi connectivity index (χ3n) is 2.67. The zero-order valence-corrected chi connectivity index (χ0v) is 11.1. The van der Waals surface area contributed by atoms with Crippen molar-refractivity contribution in [3.8, 4) is 0 Å². The molecule has 2 aromatic rings. The van der Waals surface area contributed by atoms with Crippen molar-refractivity contribution in [1.29, 1.82) is 0 Å². The van der Waals surface area contributed by atoms with Gasteiger partial charge < -0.3 is 9.73 Å². The quantitative estimate of drug-likeness (QED) is 0.666. The molecule has 5 nitrogen and oxygen atoms in total. The first kappa shape index (κ1) is 13.4. The second kappa shape index (κ2) is 5.75. The Hall–Kier alpha value is -2.01. The molecule has 0 saturated carbocycles. The summed E-state index contributed by atoms with van der Waals surface area (Å²) >= 11 is 6.01. The molecular weight excluding hydrogens is 268 g/mol. The molecule has 0 spiro atoms. The van der Waals surface area contributed by atoms with E-state index in [9.17, 15) is 10.1 Å². The molecule has 1 unspecified atom stereocenters. The van der Waals surface area contributed by atoms with Gasteiger partial charge in [0.05, 0.1) is 16.2 Å². The Morgan fingerprint density at radius 2 is 2.21 bits per heavy atom. The lowest BCUT2D eigenvalue weighted by Gasteiger charge is -2.15. The van der Waals surface area contributed by atoms with Gasteiger partial charge >= 0.3 is 0 Å². The number of anilines is 1. The minimum absolute atomic E-state index is 0.0289. The van der Waals surface area contributed by atoms with E-state index in [4.69, 9.17) is 16.0 Å². The van der Waals surface area contributed by atoms with Crippen molar-refractivity contribution in [2.75, 3.05) is 5.32 Å². The van der Waals surface area contributed by atoms with Gasteiger partial charge in [-0.25, -0.2) is 0 Å². The van der Waals surface area contributed by atoms with Crippen LogP contribution in [0.2, 0.25) is 5.02 Å². The summed E-state index contributed by atoms with van der Waals surface area (Å²) in [6.45, 7) is 1.91. The number of nitrogens with zero attached hydrogens (tertiary/aromatic N) is 1. The Morgan fingerprint density at radius 1 is 1.42 bits per heavy atom. The number of rotatable bonds is 5. The number of halogens is 1. The highest BCUT2D eigenvalue weighted by atomic mass is 35.5. The molecule has 0 aliphatic heterocycles. The molecule has 0 aliphatic carbocycles. The van der Waals surface area contributed by atoms with Crippen LogP contribution in [0.4, 0.5) is 11.4 Å². The molecule has 1 aromatic heterocycles. The largest absolute Gasteiger partial charge is 0.469 e. The van der Waals surface area contributed by atoms with Gasteiger partial charge in [0.25, 0.3) is 5.69 Å². The van der Waals surface area contributed by atoms with Crippen LogP contribution in [0.15, 0.2) is 41.0 Å². The number of nitro benzene ring substituents is 1. The molecule has 0 fully saturated rings. The van der Waals surface area contributed by atoms with Gasteiger partial charge in [0, 0.05) is 18.5 Å². The van der Waals surface area contributed by atoms with Crippen molar-refractivity contribution in [3.05, 3.63) is 57.5 Å². The molecule has 0 saturated heterocycles. The average Bonchev–Trinajstić information content (AvgIpc) is 2.84. The fraction of sp³-hybridized carbons (Fsp3) is 0.231. The maximum Gasteiger partial charge on any atom is 0.293 e. The van der Waals surface area contributed by atoms with E-state index in [1.54, 1.807) is 24.5 Å². The van der Waals surface area contributed by atoms with Crippen molar-refractivity contribution in [3.63, 3.8) is 0 Å². The standard InChI is InChI=1S/C13H13ClN2O3/c1-9(8-10-4-3-7-19-10)15-13-11(14)5-2-6-12(13)16(17)18/h2-7,9,15H,8H2,1H3. The van der Waals surface area contributed by atoms with Crippen LogP contribution in [0.1, 0.15) is 12.7 Å². The summed E-state index contributed by atoms with van der Waals surface area (Å²) in [5.41, 5.74) is 0.312. The Balaban J connectivity index is 2.16. The number of furan rings is 1. The summed E-state index contributed by atoms with van der Waals surface area (Å²) < 4.78 is 5.24. The fourth-order valence-corrected chi connectivity index (χ4v) is 2.06. The molecular formula is C13H13ClN2O3. The van der Waals surface area contributed by atoms with E-state index in [1.165, 1.54) is 6.07 Å². The number of nitro groups is 1. The summed E-state index contributed by atoms with van der Waals surface area (Å²) in [5, 5.41) is 14.4. The number of para-hydroxylation sites is 1. The molecule has 19 heavy (non-hydrogen) atoms. The van der Waals surface area contributed by atoms with Gasteiger partial charge in [-0.15, -0.1) is 0 Å². The SMILES string of the molecule is CC(Cc1ccco1)Nc1c(Cl)cccc1[N+](=O)[O-]. The number of nitrogens with one attached hydrogen (secondary N) is 1. The van der Waals surface area contributed by atoms with Gasteiger partial charge in [-0.2, -0.15) is 0 Å². The van der Waals surface area contributed by atoms with Gasteiger partial charge in [0.1, 0.15) is 11.4 Å². The van der Waals surface area contributed by atoms with Crippen molar-refractivity contribution in [2.24, 2.45) is 0 Å². The third-order valence-corrected chi connectivity index (χ3v) is 2.98. The molecule has 1 atom stereocenters. The Labute approximate surface area is 115 Å². The molecule has 1 heterocycles. The van der Waals surface area contributed by atoms with Crippen LogP contribution in [-0.2, 0) is 6.42 Å². The van der Waals surface area contributed by atoms with Crippen molar-refractivity contribution < 1.29 is 9.34 Å². The molecule has 0 radical (unpaired) electrons. The Bertz CT molecular complexity index is 569. The van der Waals surface area contributed by atoms with Crippen LogP contribution < -0.4 is 5.32 Å². The smallest absolute Gasteiger partial charge is 0.293 e. The van der Waals surface area contributed by atoms with E-state index in [0.29, 0.717) is 17.1 Å². The van der Waals surface area contributed by atoms with E-state index in [2.05, 4.69) is 5.32 Å². The first-order valence-electron chi connectivity index (χ1n) is 5.79. The van der Waals surface area contributed by atoms with Crippen LogP contribution in [0.25, 0.3) is 0 Å². The Morgan fingerprint density at radius 3 is 2.84 bits per heavy atom. The van der Waals surface area contributed by atoms with E-state index < -0.39 is 4.92 Å². The fourth-order valence-electron chi connectivity index (χ4n) is 1.84. The zero-order chi connectivity index (χ0) is 13.8. The monoisotopic (exact) mass is 280 g/mol. The van der Waals surface area contributed by atoms with Crippen LogP contribution in [0, 0.1) is 10.1 Å². The first-order valence-corrected chi connectivity index (χ1v) is 6.17. The molecule has 1 aromatic carbocycles. The summed E-state index contributed by atoms with van der Waals surface area (Å²) in [4.78, 5) is 10.5. The maximum absolute atomic E-state index is 11.0. The molecule has 0 aliphatic rings. The summed E-state index contributed by atoms with van der Waals surface area (Å²) in [6, 6.07) is 8.23. The van der Waals surface area contributed by atoms with Crippen LogP contribution >= 0.6 is 11.6 Å². The Kier molecular flexibility index (Phi) is 4.06. The molecule has 2 rings (SSSR count). The van der Waals surface area contributed by atoms with Crippen LogP contribution in [-0.4, -0.2) is 11.0 Å². The summed E-state index contributed by atoms with van der Waals surface area (Å²) in [7, 11) is 0. The molecule has 0 amide bonds.